The number of carboxylic acid groups (broad SMARTS) is 1. The SMILES string of the molecule is CC1(C)S[C@@H]2C(NC(=O)Cn3cc(N)ccc3=O)C(=O)N2[C@H]1C(=O)O. The van der Waals surface area contributed by atoms with Crippen molar-refractivity contribution in [1.29, 1.82) is 0 Å². The first-order valence-corrected chi connectivity index (χ1v) is 8.48. The molecule has 2 saturated heterocycles. The highest BCUT2D eigenvalue weighted by molar-refractivity contribution is 8.01. The van der Waals surface area contributed by atoms with Crippen molar-refractivity contribution >= 4 is 35.2 Å². The minimum Gasteiger partial charge on any atom is -0.480 e. The normalized spacial score (nSPS) is 26.7. The van der Waals surface area contributed by atoms with E-state index >= 15 is 0 Å². The summed E-state index contributed by atoms with van der Waals surface area (Å²) in [4.78, 5) is 48.9. The molecule has 1 aromatic heterocycles. The number of nitrogens with zero attached hydrogens (tertiary/aromatic N) is 2. The van der Waals surface area contributed by atoms with Gasteiger partial charge in [-0.25, -0.2) is 4.79 Å². The summed E-state index contributed by atoms with van der Waals surface area (Å²) in [5, 5.41) is 11.5. The molecule has 134 valence electrons. The van der Waals surface area contributed by atoms with E-state index in [1.54, 1.807) is 13.8 Å². The predicted octanol–water partition coefficient (Wildman–Crippen LogP) is -0.938. The molecule has 1 unspecified atom stereocenters. The Bertz CT molecular complexity index is 820. The summed E-state index contributed by atoms with van der Waals surface area (Å²) in [5.41, 5.74) is 5.56. The second kappa shape index (κ2) is 5.80. The largest absolute Gasteiger partial charge is 0.480 e. The van der Waals surface area contributed by atoms with Gasteiger partial charge in [0.1, 0.15) is 24.0 Å². The molecule has 9 nitrogen and oxygen atoms in total. The number of aliphatic carboxylic acids is 1. The first-order valence-electron chi connectivity index (χ1n) is 7.60. The van der Waals surface area contributed by atoms with E-state index in [0.717, 1.165) is 4.57 Å². The zero-order chi connectivity index (χ0) is 18.5. The van der Waals surface area contributed by atoms with Gasteiger partial charge in [0.2, 0.25) is 11.8 Å². The molecule has 1 aromatic rings. The lowest BCUT2D eigenvalue weighted by Gasteiger charge is -2.43. The molecule has 2 aliphatic heterocycles. The molecule has 4 N–H and O–H groups in total. The number of thioether (sulfide) groups is 1. The summed E-state index contributed by atoms with van der Waals surface area (Å²) in [7, 11) is 0. The van der Waals surface area contributed by atoms with E-state index in [1.807, 2.05) is 0 Å². The number of carboxylic acids is 1. The molecule has 2 aliphatic rings. The van der Waals surface area contributed by atoms with Gasteiger partial charge in [0.05, 0.1) is 0 Å². The van der Waals surface area contributed by atoms with Crippen LogP contribution in [0.25, 0.3) is 0 Å². The number of anilines is 1. The number of β-lactam (4-membered cyclic amide) rings is 1. The van der Waals surface area contributed by atoms with E-state index < -0.39 is 40.0 Å². The predicted molar refractivity (Wildman–Crippen MR) is 90.8 cm³/mol. The quantitative estimate of drug-likeness (QED) is 0.586. The maximum Gasteiger partial charge on any atom is 0.327 e. The third-order valence-corrected chi connectivity index (χ3v) is 5.88. The Morgan fingerprint density at radius 2 is 2.04 bits per heavy atom. The van der Waals surface area contributed by atoms with Gasteiger partial charge >= 0.3 is 5.97 Å². The first-order chi connectivity index (χ1) is 11.6. The molecule has 0 bridgehead atoms. The van der Waals surface area contributed by atoms with Crippen molar-refractivity contribution < 1.29 is 19.5 Å². The summed E-state index contributed by atoms with van der Waals surface area (Å²) in [5.74, 6) is -2.00. The molecule has 0 aliphatic carbocycles. The van der Waals surface area contributed by atoms with Gasteiger partial charge in [-0.2, -0.15) is 0 Å². The Balaban J connectivity index is 1.70. The van der Waals surface area contributed by atoms with Crippen LogP contribution in [0.5, 0.6) is 0 Å². The average Bonchev–Trinajstić information content (AvgIpc) is 2.77. The van der Waals surface area contributed by atoms with Gasteiger partial charge in [-0.05, 0) is 19.9 Å². The fraction of sp³-hybridized carbons (Fsp3) is 0.467. The zero-order valence-electron chi connectivity index (χ0n) is 13.6. The monoisotopic (exact) mass is 366 g/mol. The van der Waals surface area contributed by atoms with Crippen molar-refractivity contribution in [2.24, 2.45) is 0 Å². The molecule has 10 heteroatoms. The van der Waals surface area contributed by atoms with E-state index in [1.165, 1.54) is 35.0 Å². The summed E-state index contributed by atoms with van der Waals surface area (Å²) in [6.45, 7) is 3.25. The number of amides is 2. The minimum atomic E-state index is -1.07. The number of rotatable bonds is 4. The van der Waals surface area contributed by atoms with Gasteiger partial charge < -0.3 is 25.6 Å². The lowest BCUT2D eigenvalue weighted by atomic mass is 9.96. The molecule has 0 spiro atoms. The summed E-state index contributed by atoms with van der Waals surface area (Å²) < 4.78 is 0.494. The third-order valence-electron chi connectivity index (χ3n) is 4.31. The van der Waals surface area contributed by atoms with Crippen LogP contribution < -0.4 is 16.6 Å². The van der Waals surface area contributed by atoms with Crippen LogP contribution in [0.3, 0.4) is 0 Å². The Morgan fingerprint density at radius 1 is 1.36 bits per heavy atom. The molecule has 0 aromatic carbocycles. The van der Waals surface area contributed by atoms with Crippen LogP contribution in [0.15, 0.2) is 23.1 Å². The molecular formula is C15H18N4O5S. The standard InChI is InChI=1S/C15H18N4O5S/c1-15(2)11(14(23)24)19-12(22)10(13(19)25-15)17-8(20)6-18-5-7(16)3-4-9(18)21/h3-5,10-11,13H,6,16H2,1-2H3,(H,17,20)(H,23,24)/t10?,11-,13+/m0/s1. The molecule has 3 heterocycles. The molecule has 3 rings (SSSR count). The Morgan fingerprint density at radius 3 is 2.68 bits per heavy atom. The van der Waals surface area contributed by atoms with Crippen molar-refractivity contribution in [2.75, 3.05) is 5.73 Å². The number of nitrogen functional groups attached to an aromatic ring is 1. The molecular weight excluding hydrogens is 348 g/mol. The summed E-state index contributed by atoms with van der Waals surface area (Å²) in [6, 6.07) is 0.969. The molecule has 2 amide bonds. The summed E-state index contributed by atoms with van der Waals surface area (Å²) >= 11 is 1.34. The Kier molecular flexibility index (Phi) is 4.02. The number of hydrogen-bond acceptors (Lipinski definition) is 6. The third kappa shape index (κ3) is 2.86. The number of nitrogens with one attached hydrogen (secondary N) is 1. The van der Waals surface area contributed by atoms with Crippen molar-refractivity contribution in [3.63, 3.8) is 0 Å². The number of carbonyl (C=O) groups excluding carboxylic acids is 2. The van der Waals surface area contributed by atoms with E-state index in [9.17, 15) is 24.3 Å². The molecule has 0 saturated carbocycles. The average molecular weight is 366 g/mol. The van der Waals surface area contributed by atoms with Crippen molar-refractivity contribution in [2.45, 2.75) is 42.6 Å². The molecule has 2 fully saturated rings. The number of pyridine rings is 1. The van der Waals surface area contributed by atoms with Gasteiger partial charge in [0, 0.05) is 22.7 Å². The topological polar surface area (TPSA) is 135 Å². The first kappa shape index (κ1) is 17.3. The van der Waals surface area contributed by atoms with E-state index in [0.29, 0.717) is 5.69 Å². The van der Waals surface area contributed by atoms with E-state index in [4.69, 9.17) is 5.73 Å². The van der Waals surface area contributed by atoms with Crippen LogP contribution in [0.1, 0.15) is 13.8 Å². The Hall–Kier alpha value is -2.49. The second-order valence-electron chi connectivity index (χ2n) is 6.57. The van der Waals surface area contributed by atoms with Crippen LogP contribution in [0, 0.1) is 0 Å². The lowest BCUT2D eigenvalue weighted by Crippen LogP contribution is -2.70. The van der Waals surface area contributed by atoms with Crippen molar-refractivity contribution in [3.05, 3.63) is 28.7 Å². The van der Waals surface area contributed by atoms with Crippen LogP contribution >= 0.6 is 11.8 Å². The molecule has 3 atom stereocenters. The highest BCUT2D eigenvalue weighted by Crippen LogP contribution is 2.50. The van der Waals surface area contributed by atoms with Gasteiger partial charge in [0.15, 0.2) is 0 Å². The smallest absolute Gasteiger partial charge is 0.327 e. The van der Waals surface area contributed by atoms with Gasteiger partial charge in [-0.1, -0.05) is 0 Å². The van der Waals surface area contributed by atoms with Crippen molar-refractivity contribution in [3.8, 4) is 0 Å². The zero-order valence-corrected chi connectivity index (χ0v) is 14.4. The highest BCUT2D eigenvalue weighted by atomic mass is 32.2. The Labute approximate surface area is 147 Å². The van der Waals surface area contributed by atoms with Gasteiger partial charge in [0.25, 0.3) is 5.56 Å². The van der Waals surface area contributed by atoms with Crippen LogP contribution in [-0.4, -0.2) is 54.6 Å². The fourth-order valence-corrected chi connectivity index (χ4v) is 4.82. The number of carbonyl (C=O) groups is 3. The maximum absolute atomic E-state index is 12.3. The number of nitrogens with two attached hydrogens (primary N) is 1. The van der Waals surface area contributed by atoms with Gasteiger partial charge in [-0.15, -0.1) is 11.8 Å². The van der Waals surface area contributed by atoms with Crippen LogP contribution in [-0.2, 0) is 20.9 Å². The van der Waals surface area contributed by atoms with Crippen LogP contribution in [0.2, 0.25) is 0 Å². The fourth-order valence-electron chi connectivity index (χ4n) is 3.19. The molecule has 0 radical (unpaired) electrons. The second-order valence-corrected chi connectivity index (χ2v) is 8.34. The lowest BCUT2D eigenvalue weighted by molar-refractivity contribution is -0.161. The van der Waals surface area contributed by atoms with E-state index in [2.05, 4.69) is 5.32 Å². The van der Waals surface area contributed by atoms with E-state index in [-0.39, 0.29) is 12.1 Å². The van der Waals surface area contributed by atoms with Crippen molar-refractivity contribution in [1.82, 2.24) is 14.8 Å². The molecule has 25 heavy (non-hydrogen) atoms. The number of hydrogen-bond donors (Lipinski definition) is 3. The minimum absolute atomic E-state index is 0.267. The number of fused-ring (bicyclic) bond motifs is 1. The summed E-state index contributed by atoms with van der Waals surface area (Å²) in [6.07, 6.45) is 1.35. The highest BCUT2D eigenvalue weighted by Gasteiger charge is 2.64. The van der Waals surface area contributed by atoms with Crippen LogP contribution in [0.4, 0.5) is 5.69 Å². The maximum atomic E-state index is 12.3. The number of aromatic nitrogens is 1. The van der Waals surface area contributed by atoms with Gasteiger partial charge in [-0.3, -0.25) is 14.4 Å².